The minimum absolute atomic E-state index is 0.225. The highest BCUT2D eigenvalue weighted by Crippen LogP contribution is 2.06. The summed E-state index contributed by atoms with van der Waals surface area (Å²) in [5, 5.41) is 0. The van der Waals surface area contributed by atoms with Crippen molar-refractivity contribution in [1.29, 1.82) is 0 Å². The zero-order valence-electron chi connectivity index (χ0n) is 7.74. The van der Waals surface area contributed by atoms with E-state index in [1.165, 1.54) is 0 Å². The fraction of sp³-hybridized carbons (Fsp3) is 0.625. The number of ether oxygens (including phenoxy) is 1. The number of hydrogen-bond donors (Lipinski definition) is 1. The maximum Gasteiger partial charge on any atom is 0.136 e. The van der Waals surface area contributed by atoms with Crippen LogP contribution in [-0.4, -0.2) is 15.7 Å². The molecule has 0 unspecified atom stereocenters. The molecule has 12 heavy (non-hydrogen) atoms. The van der Waals surface area contributed by atoms with Crippen molar-refractivity contribution in [2.75, 3.05) is 5.73 Å². The van der Waals surface area contributed by atoms with Crippen molar-refractivity contribution in [3.05, 3.63) is 12.0 Å². The number of nitrogen functional groups attached to an aromatic ring is 1. The van der Waals surface area contributed by atoms with E-state index < -0.39 is 0 Å². The summed E-state index contributed by atoms with van der Waals surface area (Å²) in [6, 6.07) is 0. The molecule has 0 saturated heterocycles. The molecule has 0 bridgehead atoms. The summed E-state index contributed by atoms with van der Waals surface area (Å²) in [6.07, 6.45) is 1.86. The number of hydrogen-bond acceptors (Lipinski definition) is 3. The van der Waals surface area contributed by atoms with Crippen molar-refractivity contribution in [2.24, 2.45) is 7.05 Å². The molecule has 0 spiro atoms. The van der Waals surface area contributed by atoms with Gasteiger partial charge < -0.3 is 15.0 Å². The highest BCUT2D eigenvalue weighted by Gasteiger charge is 2.03. The van der Waals surface area contributed by atoms with Crippen LogP contribution in [0.15, 0.2) is 6.20 Å². The average Bonchev–Trinajstić information content (AvgIpc) is 2.30. The third-order valence-electron chi connectivity index (χ3n) is 1.67. The van der Waals surface area contributed by atoms with Crippen LogP contribution in [-0.2, 0) is 18.4 Å². The molecule has 0 amide bonds. The van der Waals surface area contributed by atoms with Gasteiger partial charge in [-0.3, -0.25) is 0 Å². The summed E-state index contributed by atoms with van der Waals surface area (Å²) in [5.41, 5.74) is 5.59. The molecule has 0 aliphatic carbocycles. The number of aromatic nitrogens is 2. The molecule has 0 aliphatic heterocycles. The predicted octanol–water partition coefficient (Wildman–Crippen LogP) is 0.927. The number of anilines is 1. The molecule has 0 radical (unpaired) electrons. The van der Waals surface area contributed by atoms with E-state index in [0.29, 0.717) is 12.4 Å². The molecule has 0 fully saturated rings. The number of rotatable bonds is 3. The van der Waals surface area contributed by atoms with Gasteiger partial charge in [0, 0.05) is 7.05 Å². The fourth-order valence-electron chi connectivity index (χ4n) is 0.838. The molecular formula is C8H15N3O. The van der Waals surface area contributed by atoms with Gasteiger partial charge in [0.1, 0.15) is 18.2 Å². The fourth-order valence-corrected chi connectivity index (χ4v) is 0.838. The SMILES string of the molecule is CC(C)OCc1ncc(N)n1C. The van der Waals surface area contributed by atoms with E-state index in [1.54, 1.807) is 6.20 Å². The molecule has 1 heterocycles. The highest BCUT2D eigenvalue weighted by molar-refractivity contribution is 5.26. The van der Waals surface area contributed by atoms with E-state index in [-0.39, 0.29) is 6.10 Å². The van der Waals surface area contributed by atoms with Crippen LogP contribution < -0.4 is 5.73 Å². The molecule has 2 N–H and O–H groups in total. The van der Waals surface area contributed by atoms with Gasteiger partial charge in [-0.1, -0.05) is 0 Å². The molecular weight excluding hydrogens is 154 g/mol. The Balaban J connectivity index is 2.58. The Hall–Kier alpha value is -1.03. The van der Waals surface area contributed by atoms with Crippen molar-refractivity contribution >= 4 is 5.82 Å². The first-order chi connectivity index (χ1) is 5.61. The van der Waals surface area contributed by atoms with Gasteiger partial charge in [0.05, 0.1) is 12.3 Å². The van der Waals surface area contributed by atoms with Gasteiger partial charge in [-0.2, -0.15) is 0 Å². The third kappa shape index (κ3) is 1.98. The molecule has 0 aliphatic rings. The van der Waals surface area contributed by atoms with E-state index in [9.17, 15) is 0 Å². The minimum atomic E-state index is 0.225. The van der Waals surface area contributed by atoms with Crippen LogP contribution in [0, 0.1) is 0 Å². The lowest BCUT2D eigenvalue weighted by atomic mass is 10.5. The topological polar surface area (TPSA) is 53.1 Å². The second kappa shape index (κ2) is 3.58. The van der Waals surface area contributed by atoms with Crippen LogP contribution in [0.3, 0.4) is 0 Å². The highest BCUT2D eigenvalue weighted by atomic mass is 16.5. The summed E-state index contributed by atoms with van der Waals surface area (Å²) in [7, 11) is 1.88. The number of imidazole rings is 1. The molecule has 1 aromatic heterocycles. The second-order valence-electron chi connectivity index (χ2n) is 3.02. The Morgan fingerprint density at radius 1 is 1.67 bits per heavy atom. The van der Waals surface area contributed by atoms with Crippen LogP contribution in [0.4, 0.5) is 5.82 Å². The summed E-state index contributed by atoms with van der Waals surface area (Å²) in [6.45, 7) is 4.50. The van der Waals surface area contributed by atoms with E-state index in [1.807, 2.05) is 25.5 Å². The predicted molar refractivity (Wildman–Crippen MR) is 47.5 cm³/mol. The van der Waals surface area contributed by atoms with Gasteiger partial charge in [0.15, 0.2) is 0 Å². The summed E-state index contributed by atoms with van der Waals surface area (Å²) >= 11 is 0. The molecule has 0 aromatic carbocycles. The smallest absolute Gasteiger partial charge is 0.136 e. The standard InChI is InChI=1S/C8H15N3O/c1-6(2)12-5-8-10-4-7(9)11(8)3/h4,6H,5,9H2,1-3H3. The maximum absolute atomic E-state index is 5.59. The zero-order valence-corrected chi connectivity index (χ0v) is 7.74. The van der Waals surface area contributed by atoms with Crippen LogP contribution in [0.2, 0.25) is 0 Å². The normalized spacial score (nSPS) is 11.0. The lowest BCUT2D eigenvalue weighted by Gasteiger charge is -2.07. The monoisotopic (exact) mass is 169 g/mol. The Kier molecular flexibility index (Phi) is 2.70. The van der Waals surface area contributed by atoms with Gasteiger partial charge in [0.2, 0.25) is 0 Å². The maximum atomic E-state index is 5.59. The Bertz CT molecular complexity index is 255. The first kappa shape index (κ1) is 9.06. The van der Waals surface area contributed by atoms with Crippen LogP contribution in [0.5, 0.6) is 0 Å². The quantitative estimate of drug-likeness (QED) is 0.732. The van der Waals surface area contributed by atoms with E-state index in [0.717, 1.165) is 5.82 Å². The number of nitrogens with zero attached hydrogens (tertiary/aromatic N) is 2. The molecule has 68 valence electrons. The Labute approximate surface area is 72.3 Å². The van der Waals surface area contributed by atoms with Crippen LogP contribution >= 0.6 is 0 Å². The second-order valence-corrected chi connectivity index (χ2v) is 3.02. The Morgan fingerprint density at radius 2 is 2.33 bits per heavy atom. The summed E-state index contributed by atoms with van der Waals surface area (Å²) < 4.78 is 7.20. The molecule has 1 rings (SSSR count). The van der Waals surface area contributed by atoms with Gasteiger partial charge in [-0.05, 0) is 13.8 Å². The van der Waals surface area contributed by atoms with Gasteiger partial charge >= 0.3 is 0 Å². The number of nitrogens with two attached hydrogens (primary N) is 1. The largest absolute Gasteiger partial charge is 0.384 e. The minimum Gasteiger partial charge on any atom is -0.384 e. The van der Waals surface area contributed by atoms with Gasteiger partial charge in [-0.15, -0.1) is 0 Å². The van der Waals surface area contributed by atoms with Crippen LogP contribution in [0.1, 0.15) is 19.7 Å². The van der Waals surface area contributed by atoms with E-state index in [4.69, 9.17) is 10.5 Å². The zero-order chi connectivity index (χ0) is 9.14. The lowest BCUT2D eigenvalue weighted by molar-refractivity contribution is 0.0600. The van der Waals surface area contributed by atoms with Gasteiger partial charge in [0.25, 0.3) is 0 Å². The van der Waals surface area contributed by atoms with E-state index in [2.05, 4.69) is 4.98 Å². The summed E-state index contributed by atoms with van der Waals surface area (Å²) in [5.74, 6) is 1.53. The van der Waals surface area contributed by atoms with E-state index >= 15 is 0 Å². The first-order valence-electron chi connectivity index (χ1n) is 3.99. The van der Waals surface area contributed by atoms with Gasteiger partial charge in [-0.25, -0.2) is 4.98 Å². The van der Waals surface area contributed by atoms with Crippen molar-refractivity contribution < 1.29 is 4.74 Å². The first-order valence-corrected chi connectivity index (χ1v) is 3.99. The average molecular weight is 169 g/mol. The molecule has 1 aromatic rings. The Morgan fingerprint density at radius 3 is 2.75 bits per heavy atom. The summed E-state index contributed by atoms with van der Waals surface area (Å²) in [4.78, 5) is 4.10. The van der Waals surface area contributed by atoms with Crippen molar-refractivity contribution in [3.8, 4) is 0 Å². The lowest BCUT2D eigenvalue weighted by Crippen LogP contribution is -2.07. The third-order valence-corrected chi connectivity index (χ3v) is 1.67. The van der Waals surface area contributed by atoms with Crippen molar-refractivity contribution in [2.45, 2.75) is 26.6 Å². The molecule has 0 atom stereocenters. The molecule has 4 nitrogen and oxygen atoms in total. The van der Waals surface area contributed by atoms with Crippen molar-refractivity contribution in [1.82, 2.24) is 9.55 Å². The van der Waals surface area contributed by atoms with Crippen molar-refractivity contribution in [3.63, 3.8) is 0 Å². The van der Waals surface area contributed by atoms with Crippen LogP contribution in [0.25, 0.3) is 0 Å². The molecule has 0 saturated carbocycles. The molecule has 4 heteroatoms.